The van der Waals surface area contributed by atoms with Gasteiger partial charge in [0.2, 0.25) is 10.0 Å². The lowest BCUT2D eigenvalue weighted by molar-refractivity contribution is 0.303. The van der Waals surface area contributed by atoms with E-state index in [9.17, 15) is 8.42 Å². The molecule has 1 aliphatic rings. The van der Waals surface area contributed by atoms with Crippen molar-refractivity contribution in [1.82, 2.24) is 4.31 Å². The summed E-state index contributed by atoms with van der Waals surface area (Å²) >= 11 is 0. The number of para-hydroxylation sites is 1. The van der Waals surface area contributed by atoms with E-state index in [4.69, 9.17) is 4.74 Å². The minimum absolute atomic E-state index is 0.254. The predicted molar refractivity (Wildman–Crippen MR) is 129 cm³/mol. The molecule has 0 bridgehead atoms. The zero-order valence-corrected chi connectivity index (χ0v) is 18.8. The molecule has 1 N–H and O–H groups in total. The van der Waals surface area contributed by atoms with Crippen molar-refractivity contribution in [3.8, 4) is 5.75 Å². The second-order valence-corrected chi connectivity index (χ2v) is 9.78. The van der Waals surface area contributed by atoms with Gasteiger partial charge in [-0.1, -0.05) is 84.9 Å². The Morgan fingerprint density at radius 2 is 1.42 bits per heavy atom. The molecule has 5 nitrogen and oxygen atoms in total. The first-order chi connectivity index (χ1) is 16.1. The largest absolute Gasteiger partial charge is 0.489 e. The summed E-state index contributed by atoms with van der Waals surface area (Å²) in [4.78, 5) is 0.286. The van der Waals surface area contributed by atoms with Crippen LogP contribution in [0.5, 0.6) is 5.75 Å². The van der Waals surface area contributed by atoms with Gasteiger partial charge in [-0.05, 0) is 41.0 Å². The van der Waals surface area contributed by atoms with Crippen LogP contribution in [0.4, 0.5) is 5.69 Å². The molecule has 1 atom stereocenters. The van der Waals surface area contributed by atoms with Crippen LogP contribution in [0.2, 0.25) is 0 Å². The smallest absolute Gasteiger partial charge is 0.247 e. The fourth-order valence-electron chi connectivity index (χ4n) is 4.00. The van der Waals surface area contributed by atoms with Crippen molar-refractivity contribution in [2.75, 3.05) is 5.32 Å². The van der Waals surface area contributed by atoms with Crippen LogP contribution in [0.1, 0.15) is 22.9 Å². The highest BCUT2D eigenvalue weighted by Gasteiger charge is 2.38. The van der Waals surface area contributed by atoms with Crippen LogP contribution in [-0.2, 0) is 23.2 Å². The quantitative estimate of drug-likeness (QED) is 0.411. The fourth-order valence-corrected chi connectivity index (χ4v) is 5.68. The van der Waals surface area contributed by atoms with Crippen molar-refractivity contribution in [2.24, 2.45) is 0 Å². The third-order valence-corrected chi connectivity index (χ3v) is 7.53. The first-order valence-electron chi connectivity index (χ1n) is 10.8. The average molecular weight is 457 g/mol. The van der Waals surface area contributed by atoms with Crippen LogP contribution in [0, 0.1) is 0 Å². The van der Waals surface area contributed by atoms with Gasteiger partial charge in [0.05, 0.1) is 5.69 Å². The van der Waals surface area contributed by atoms with Crippen molar-refractivity contribution < 1.29 is 13.2 Å². The van der Waals surface area contributed by atoms with E-state index >= 15 is 0 Å². The van der Waals surface area contributed by atoms with E-state index < -0.39 is 16.2 Å². The summed E-state index contributed by atoms with van der Waals surface area (Å²) in [5.41, 5.74) is 3.40. The molecule has 166 valence electrons. The number of sulfonamides is 1. The molecule has 6 heteroatoms. The third-order valence-electron chi connectivity index (χ3n) is 5.66. The molecule has 0 radical (unpaired) electrons. The Labute approximate surface area is 194 Å². The first-order valence-corrected chi connectivity index (χ1v) is 12.2. The van der Waals surface area contributed by atoms with Crippen LogP contribution < -0.4 is 10.1 Å². The zero-order valence-electron chi connectivity index (χ0n) is 18.0. The van der Waals surface area contributed by atoms with Crippen LogP contribution in [0.25, 0.3) is 0 Å². The van der Waals surface area contributed by atoms with E-state index in [-0.39, 0.29) is 11.4 Å². The summed E-state index contributed by atoms with van der Waals surface area (Å²) in [5, 5.41) is 3.43. The van der Waals surface area contributed by atoms with Gasteiger partial charge < -0.3 is 10.1 Å². The number of hydrogen-bond acceptors (Lipinski definition) is 4. The maximum atomic E-state index is 13.6. The summed E-state index contributed by atoms with van der Waals surface area (Å²) < 4.78 is 34.8. The molecular formula is C27H24N2O3S. The molecule has 33 heavy (non-hydrogen) atoms. The van der Waals surface area contributed by atoms with Crippen molar-refractivity contribution in [1.29, 1.82) is 0 Å². The lowest BCUT2D eigenvalue weighted by Crippen LogP contribution is -2.42. The van der Waals surface area contributed by atoms with Crippen LogP contribution >= 0.6 is 0 Å². The molecule has 0 saturated carbocycles. The Bertz CT molecular complexity index is 1340. The number of hydrogen-bond donors (Lipinski definition) is 1. The predicted octanol–water partition coefficient (Wildman–Crippen LogP) is 5.58. The summed E-state index contributed by atoms with van der Waals surface area (Å²) in [6.07, 6.45) is -0.564. The molecule has 4 aromatic carbocycles. The second kappa shape index (κ2) is 9.10. The summed E-state index contributed by atoms with van der Waals surface area (Å²) in [7, 11) is -3.72. The molecule has 0 amide bonds. The molecule has 5 rings (SSSR count). The number of benzene rings is 4. The Balaban J connectivity index is 1.49. The summed E-state index contributed by atoms with van der Waals surface area (Å²) in [5.74, 6) is 0.689. The molecule has 0 unspecified atom stereocenters. The maximum Gasteiger partial charge on any atom is 0.247 e. The van der Waals surface area contributed by atoms with Gasteiger partial charge >= 0.3 is 0 Å². The Hall–Kier alpha value is -3.61. The fraction of sp³-hybridized carbons (Fsp3) is 0.111. The standard InChI is InChI=1S/C27H24N2O3S/c30-33(31)26-17-8-7-16-25(26)28-27(29(33)19-21-10-3-1-4-11-21)23-14-9-15-24(18-23)32-20-22-12-5-2-6-13-22/h1-18,27-28H,19-20H2/t27-/m1/s1. The van der Waals surface area contributed by atoms with Gasteiger partial charge in [0.15, 0.2) is 0 Å². The molecule has 4 aromatic rings. The molecule has 0 spiro atoms. The van der Waals surface area contributed by atoms with Gasteiger partial charge in [0.25, 0.3) is 0 Å². The molecule has 1 heterocycles. The van der Waals surface area contributed by atoms with E-state index in [1.807, 2.05) is 91.0 Å². The van der Waals surface area contributed by atoms with Gasteiger partial charge in [0, 0.05) is 6.54 Å². The normalized spacial score (nSPS) is 17.0. The maximum absolute atomic E-state index is 13.6. The van der Waals surface area contributed by atoms with Crippen LogP contribution in [0.15, 0.2) is 114 Å². The third kappa shape index (κ3) is 4.49. The first kappa shape index (κ1) is 21.2. The van der Waals surface area contributed by atoms with Gasteiger partial charge in [-0.25, -0.2) is 8.42 Å². The molecule has 0 saturated heterocycles. The van der Waals surface area contributed by atoms with Gasteiger partial charge in [-0.2, -0.15) is 4.31 Å². The number of rotatable bonds is 6. The Morgan fingerprint density at radius 3 is 2.18 bits per heavy atom. The molecule has 1 aliphatic heterocycles. The number of anilines is 1. The minimum Gasteiger partial charge on any atom is -0.489 e. The number of nitrogens with one attached hydrogen (secondary N) is 1. The average Bonchev–Trinajstić information content (AvgIpc) is 2.86. The van der Waals surface area contributed by atoms with Gasteiger partial charge in [0.1, 0.15) is 23.4 Å². The SMILES string of the molecule is O=S1(=O)c2ccccc2N[C@@H](c2cccc(OCc3ccccc3)c2)N1Cc1ccccc1. The van der Waals surface area contributed by atoms with E-state index in [1.165, 1.54) is 4.31 Å². The number of ether oxygens (including phenoxy) is 1. The number of fused-ring (bicyclic) bond motifs is 1. The number of nitrogens with zero attached hydrogens (tertiary/aromatic N) is 1. The van der Waals surface area contributed by atoms with Crippen LogP contribution in [0.3, 0.4) is 0 Å². The highest BCUT2D eigenvalue weighted by molar-refractivity contribution is 7.89. The van der Waals surface area contributed by atoms with E-state index in [1.54, 1.807) is 18.2 Å². The topological polar surface area (TPSA) is 58.6 Å². The Kier molecular flexibility index (Phi) is 5.86. The zero-order chi connectivity index (χ0) is 22.7. The summed E-state index contributed by atoms with van der Waals surface area (Å²) in [6, 6.07) is 34.2. The van der Waals surface area contributed by atoms with Crippen molar-refractivity contribution >= 4 is 15.7 Å². The Morgan fingerprint density at radius 1 is 0.758 bits per heavy atom. The molecule has 0 aliphatic carbocycles. The molecular weight excluding hydrogens is 432 g/mol. The van der Waals surface area contributed by atoms with Gasteiger partial charge in [-0.3, -0.25) is 0 Å². The van der Waals surface area contributed by atoms with E-state index in [0.29, 0.717) is 18.0 Å². The molecule has 0 fully saturated rings. The molecule has 0 aromatic heterocycles. The van der Waals surface area contributed by atoms with E-state index in [0.717, 1.165) is 16.7 Å². The highest BCUT2D eigenvalue weighted by atomic mass is 32.2. The monoisotopic (exact) mass is 456 g/mol. The lowest BCUT2D eigenvalue weighted by atomic mass is 10.1. The van der Waals surface area contributed by atoms with E-state index in [2.05, 4.69) is 5.32 Å². The van der Waals surface area contributed by atoms with Crippen molar-refractivity contribution in [2.45, 2.75) is 24.2 Å². The minimum atomic E-state index is -3.72. The van der Waals surface area contributed by atoms with Gasteiger partial charge in [-0.15, -0.1) is 0 Å². The summed E-state index contributed by atoms with van der Waals surface area (Å²) in [6.45, 7) is 0.696. The van der Waals surface area contributed by atoms with Crippen molar-refractivity contribution in [3.63, 3.8) is 0 Å². The lowest BCUT2D eigenvalue weighted by Gasteiger charge is -2.37. The second-order valence-electron chi connectivity index (χ2n) is 7.93. The van der Waals surface area contributed by atoms with Crippen molar-refractivity contribution in [3.05, 3.63) is 126 Å². The highest BCUT2D eigenvalue weighted by Crippen LogP contribution is 2.39. The van der Waals surface area contributed by atoms with Crippen LogP contribution in [-0.4, -0.2) is 12.7 Å².